The Kier molecular flexibility index (Phi) is 11.0. The molecule has 2 bridgehead atoms. The standard InChI is InChI=1S/C30H46N8O2/c1-39-26-7-3-23(4-8-26)15-25-17-37-20-29(31)18-33-11-13-35-21-30(32,22-36-14-12-34-19-29)28(38-25)16-24-5-9-27(40-2)10-6-24/h3-10,15-16,33-38H,11-14,17-22,31-32H2,1-2H3. The average molecular weight is 551 g/mol. The fraction of sp³-hybridized carbons (Fsp3) is 0.467. The van der Waals surface area contributed by atoms with E-state index in [-0.39, 0.29) is 0 Å². The summed E-state index contributed by atoms with van der Waals surface area (Å²) in [5.41, 5.74) is 17.0. The maximum Gasteiger partial charge on any atom is 0.118 e. The second kappa shape index (κ2) is 14.6. The van der Waals surface area contributed by atoms with Crippen LogP contribution < -0.4 is 52.8 Å². The van der Waals surface area contributed by atoms with Crippen molar-refractivity contribution >= 4 is 12.2 Å². The van der Waals surface area contributed by atoms with Gasteiger partial charge in [0.05, 0.1) is 25.3 Å². The van der Waals surface area contributed by atoms with E-state index in [4.69, 9.17) is 20.9 Å². The van der Waals surface area contributed by atoms with Gasteiger partial charge in [0.25, 0.3) is 0 Å². The van der Waals surface area contributed by atoms with E-state index in [2.05, 4.69) is 44.1 Å². The third-order valence-electron chi connectivity index (χ3n) is 7.30. The first-order chi connectivity index (χ1) is 19.4. The Balaban J connectivity index is 1.76. The van der Waals surface area contributed by atoms with E-state index in [1.165, 1.54) is 0 Å². The molecule has 0 unspecified atom stereocenters. The van der Waals surface area contributed by atoms with Crippen molar-refractivity contribution in [2.45, 2.75) is 11.1 Å². The minimum Gasteiger partial charge on any atom is -0.497 e. The summed E-state index contributed by atoms with van der Waals surface area (Å²) in [6, 6.07) is 16.0. The number of ether oxygens (including phenoxy) is 2. The largest absolute Gasteiger partial charge is 0.497 e. The molecule has 40 heavy (non-hydrogen) atoms. The molecule has 0 spiro atoms. The zero-order valence-electron chi connectivity index (χ0n) is 23.8. The molecule has 3 heterocycles. The molecule has 10 N–H and O–H groups in total. The first-order valence-electron chi connectivity index (χ1n) is 14.0. The van der Waals surface area contributed by atoms with E-state index in [0.29, 0.717) is 39.3 Å². The molecule has 10 heteroatoms. The topological polar surface area (TPSA) is 143 Å². The van der Waals surface area contributed by atoms with E-state index in [9.17, 15) is 0 Å². The van der Waals surface area contributed by atoms with Gasteiger partial charge in [0.2, 0.25) is 0 Å². The van der Waals surface area contributed by atoms with Crippen molar-refractivity contribution in [3.8, 4) is 11.5 Å². The normalized spacial score (nSPS) is 27.5. The second-order valence-corrected chi connectivity index (χ2v) is 10.7. The summed E-state index contributed by atoms with van der Waals surface area (Å²) in [5.74, 6) is 1.63. The first kappa shape index (κ1) is 30.0. The van der Waals surface area contributed by atoms with Gasteiger partial charge >= 0.3 is 0 Å². The summed E-state index contributed by atoms with van der Waals surface area (Å²) < 4.78 is 10.7. The first-order valence-corrected chi connectivity index (χ1v) is 14.0. The molecule has 10 nitrogen and oxygen atoms in total. The van der Waals surface area contributed by atoms with Gasteiger partial charge in [0.15, 0.2) is 0 Å². The lowest BCUT2D eigenvalue weighted by atomic mass is 9.93. The quantitative estimate of drug-likeness (QED) is 0.263. The van der Waals surface area contributed by atoms with Crippen molar-refractivity contribution in [1.29, 1.82) is 0 Å². The van der Waals surface area contributed by atoms with Crippen LogP contribution in [0, 0.1) is 0 Å². The molecular formula is C30H46N8O2. The summed E-state index contributed by atoms with van der Waals surface area (Å²) in [6.45, 7) is 6.95. The lowest BCUT2D eigenvalue weighted by Crippen LogP contribution is -2.64. The number of methoxy groups -OCH3 is 2. The smallest absolute Gasteiger partial charge is 0.118 e. The van der Waals surface area contributed by atoms with Crippen molar-refractivity contribution in [2.75, 3.05) is 79.7 Å². The van der Waals surface area contributed by atoms with Crippen LogP contribution in [-0.2, 0) is 0 Å². The van der Waals surface area contributed by atoms with Gasteiger partial charge in [-0.05, 0) is 47.5 Å². The molecule has 3 aliphatic rings. The van der Waals surface area contributed by atoms with Crippen molar-refractivity contribution < 1.29 is 9.47 Å². The van der Waals surface area contributed by atoms with E-state index in [1.54, 1.807) is 14.2 Å². The van der Waals surface area contributed by atoms with Gasteiger partial charge in [0, 0.05) is 76.8 Å². The Bertz CT molecular complexity index is 1100. The predicted octanol–water partition coefficient (Wildman–Crippen LogP) is 0.0456. The summed E-state index contributed by atoms with van der Waals surface area (Å²) in [4.78, 5) is 0. The van der Waals surface area contributed by atoms with Gasteiger partial charge in [-0.15, -0.1) is 0 Å². The molecule has 0 radical (unpaired) electrons. The van der Waals surface area contributed by atoms with Crippen LogP contribution in [0.25, 0.3) is 12.2 Å². The Hall–Kier alpha value is -2.96. The molecule has 2 aromatic rings. The number of hydrogen-bond donors (Lipinski definition) is 8. The summed E-state index contributed by atoms with van der Waals surface area (Å²) >= 11 is 0. The maximum absolute atomic E-state index is 7.26. The fourth-order valence-corrected chi connectivity index (χ4v) is 4.91. The van der Waals surface area contributed by atoms with Crippen LogP contribution in [0.2, 0.25) is 0 Å². The van der Waals surface area contributed by atoms with Gasteiger partial charge in [-0.1, -0.05) is 24.3 Å². The number of hydrogen-bond acceptors (Lipinski definition) is 10. The van der Waals surface area contributed by atoms with Crippen LogP contribution in [0.5, 0.6) is 11.5 Å². The zero-order valence-corrected chi connectivity index (χ0v) is 23.8. The van der Waals surface area contributed by atoms with Crippen molar-refractivity contribution in [3.05, 3.63) is 71.1 Å². The summed E-state index contributed by atoms with van der Waals surface area (Å²) in [5, 5.41) is 21.6. The fourth-order valence-electron chi connectivity index (χ4n) is 4.91. The van der Waals surface area contributed by atoms with Crippen molar-refractivity contribution in [3.63, 3.8) is 0 Å². The third kappa shape index (κ3) is 8.77. The molecule has 2 aromatic carbocycles. The second-order valence-electron chi connectivity index (χ2n) is 10.7. The van der Waals surface area contributed by atoms with E-state index in [1.807, 2.05) is 48.5 Å². The number of nitrogens with one attached hydrogen (secondary N) is 6. The van der Waals surface area contributed by atoms with Gasteiger partial charge in [0.1, 0.15) is 11.5 Å². The minimum atomic E-state index is -0.717. The molecule has 0 saturated carbocycles. The van der Waals surface area contributed by atoms with E-state index >= 15 is 0 Å². The molecule has 3 saturated heterocycles. The van der Waals surface area contributed by atoms with E-state index in [0.717, 1.165) is 60.2 Å². The summed E-state index contributed by atoms with van der Waals surface area (Å²) in [7, 11) is 3.35. The monoisotopic (exact) mass is 550 g/mol. The number of fused-ring (bicyclic) bond motifs is 15. The SMILES string of the molecule is COc1ccc(C=C2CNCC3(N)CNCCNCC(N)(CNCCNC3)C(=Cc3ccc(OC)cc3)N2)cc1. The van der Waals surface area contributed by atoms with Crippen LogP contribution in [0.15, 0.2) is 59.9 Å². The Morgan fingerprint density at radius 1 is 0.625 bits per heavy atom. The molecule has 5 rings (SSSR count). The Morgan fingerprint density at radius 3 is 1.57 bits per heavy atom. The molecule has 0 atom stereocenters. The molecule has 3 aliphatic heterocycles. The van der Waals surface area contributed by atoms with Gasteiger partial charge < -0.3 is 52.8 Å². The average Bonchev–Trinajstić information content (AvgIpc) is 2.96. The van der Waals surface area contributed by atoms with Crippen LogP contribution in [-0.4, -0.2) is 90.7 Å². The van der Waals surface area contributed by atoms with Crippen LogP contribution in [0.3, 0.4) is 0 Å². The van der Waals surface area contributed by atoms with Gasteiger partial charge in [-0.25, -0.2) is 0 Å². The van der Waals surface area contributed by atoms with Crippen LogP contribution >= 0.6 is 0 Å². The highest BCUT2D eigenvalue weighted by molar-refractivity contribution is 5.60. The predicted molar refractivity (Wildman–Crippen MR) is 163 cm³/mol. The van der Waals surface area contributed by atoms with E-state index < -0.39 is 11.1 Å². The van der Waals surface area contributed by atoms with Crippen LogP contribution in [0.4, 0.5) is 0 Å². The van der Waals surface area contributed by atoms with Gasteiger partial charge in [-0.2, -0.15) is 0 Å². The van der Waals surface area contributed by atoms with Crippen LogP contribution in [0.1, 0.15) is 11.1 Å². The number of nitrogens with two attached hydrogens (primary N) is 2. The highest BCUT2D eigenvalue weighted by Gasteiger charge is 2.31. The number of benzene rings is 2. The highest BCUT2D eigenvalue weighted by Crippen LogP contribution is 2.21. The maximum atomic E-state index is 7.26. The van der Waals surface area contributed by atoms with Gasteiger partial charge in [-0.3, -0.25) is 0 Å². The lowest BCUT2D eigenvalue weighted by molar-refractivity contribution is 0.339. The zero-order chi connectivity index (χ0) is 28.3. The molecule has 0 amide bonds. The van der Waals surface area contributed by atoms with Crippen molar-refractivity contribution in [2.24, 2.45) is 11.5 Å². The summed E-state index contributed by atoms with van der Waals surface area (Å²) in [6.07, 6.45) is 4.27. The Labute approximate surface area is 238 Å². The molecular weight excluding hydrogens is 504 g/mol. The van der Waals surface area contributed by atoms with Crippen molar-refractivity contribution in [1.82, 2.24) is 31.9 Å². The number of rotatable bonds is 4. The highest BCUT2D eigenvalue weighted by atomic mass is 16.5. The lowest BCUT2D eigenvalue weighted by Gasteiger charge is -2.36. The Morgan fingerprint density at radius 2 is 1.07 bits per heavy atom. The minimum absolute atomic E-state index is 0.446. The molecule has 0 aromatic heterocycles. The molecule has 0 aliphatic carbocycles. The molecule has 3 fully saturated rings. The third-order valence-corrected chi connectivity index (χ3v) is 7.30. The molecule has 218 valence electrons.